The summed E-state index contributed by atoms with van der Waals surface area (Å²) >= 11 is 0. The van der Waals surface area contributed by atoms with Gasteiger partial charge in [0.2, 0.25) is 0 Å². The van der Waals surface area contributed by atoms with E-state index in [4.69, 9.17) is 0 Å². The molecule has 1 atom stereocenters. The van der Waals surface area contributed by atoms with Gasteiger partial charge in [-0.2, -0.15) is 0 Å². The van der Waals surface area contributed by atoms with Crippen LogP contribution in [0.25, 0.3) is 11.5 Å². The maximum Gasteiger partial charge on any atom is 0.180 e. The Hall–Kier alpha value is -2.23. The SMILES string of the molecule is Cc1nc(-c2ccccn2)nc(NCC2CC=CCC2)c1C. The van der Waals surface area contributed by atoms with Crippen LogP contribution in [0.4, 0.5) is 5.82 Å². The predicted molar refractivity (Wildman–Crippen MR) is 89.7 cm³/mol. The molecular formula is C18H22N4. The molecule has 0 radical (unpaired) electrons. The summed E-state index contributed by atoms with van der Waals surface area (Å²) in [6.45, 7) is 5.06. The summed E-state index contributed by atoms with van der Waals surface area (Å²) in [5, 5.41) is 3.52. The standard InChI is InChI=1S/C18H22N4/c1-13-14(2)21-18(16-10-6-7-11-19-16)22-17(13)20-12-15-8-4-3-5-9-15/h3-4,6-7,10-11,15H,5,8-9,12H2,1-2H3,(H,20,21,22). The van der Waals surface area contributed by atoms with E-state index >= 15 is 0 Å². The van der Waals surface area contributed by atoms with Gasteiger partial charge in [0.25, 0.3) is 0 Å². The number of rotatable bonds is 4. The third-order valence-electron chi connectivity index (χ3n) is 4.22. The number of allylic oxidation sites excluding steroid dienone is 2. The van der Waals surface area contributed by atoms with Gasteiger partial charge in [-0.05, 0) is 51.2 Å². The number of aryl methyl sites for hydroxylation is 1. The second kappa shape index (κ2) is 6.69. The molecule has 0 spiro atoms. The molecule has 1 unspecified atom stereocenters. The van der Waals surface area contributed by atoms with Gasteiger partial charge in [0, 0.05) is 24.0 Å². The first kappa shape index (κ1) is 14.7. The number of hydrogen-bond donors (Lipinski definition) is 1. The molecule has 0 saturated heterocycles. The highest BCUT2D eigenvalue weighted by molar-refractivity contribution is 5.56. The molecule has 4 nitrogen and oxygen atoms in total. The van der Waals surface area contributed by atoms with Crippen molar-refractivity contribution in [3.63, 3.8) is 0 Å². The zero-order chi connectivity index (χ0) is 15.4. The maximum absolute atomic E-state index is 4.69. The van der Waals surface area contributed by atoms with Gasteiger partial charge in [-0.25, -0.2) is 9.97 Å². The van der Waals surface area contributed by atoms with Crippen molar-refractivity contribution in [2.75, 3.05) is 11.9 Å². The topological polar surface area (TPSA) is 50.7 Å². The molecule has 0 aromatic carbocycles. The minimum absolute atomic E-state index is 0.690. The average Bonchev–Trinajstić information content (AvgIpc) is 2.58. The van der Waals surface area contributed by atoms with Gasteiger partial charge in [-0.15, -0.1) is 0 Å². The summed E-state index contributed by atoms with van der Waals surface area (Å²) in [7, 11) is 0. The van der Waals surface area contributed by atoms with E-state index in [0.717, 1.165) is 35.7 Å². The molecule has 1 aliphatic carbocycles. The quantitative estimate of drug-likeness (QED) is 0.868. The van der Waals surface area contributed by atoms with Gasteiger partial charge in [-0.3, -0.25) is 4.98 Å². The Morgan fingerprint density at radius 1 is 1.18 bits per heavy atom. The summed E-state index contributed by atoms with van der Waals surface area (Å²) in [6, 6.07) is 5.81. The number of aromatic nitrogens is 3. The van der Waals surface area contributed by atoms with Crippen LogP contribution >= 0.6 is 0 Å². The molecule has 0 aliphatic heterocycles. The maximum atomic E-state index is 4.69. The molecule has 2 aromatic rings. The van der Waals surface area contributed by atoms with Crippen molar-refractivity contribution in [1.82, 2.24) is 15.0 Å². The van der Waals surface area contributed by atoms with E-state index in [1.807, 2.05) is 25.1 Å². The molecule has 3 rings (SSSR count). The van der Waals surface area contributed by atoms with E-state index < -0.39 is 0 Å². The van der Waals surface area contributed by atoms with Crippen molar-refractivity contribution < 1.29 is 0 Å². The summed E-state index contributed by atoms with van der Waals surface area (Å²) < 4.78 is 0. The molecule has 114 valence electrons. The zero-order valence-electron chi connectivity index (χ0n) is 13.2. The smallest absolute Gasteiger partial charge is 0.180 e. The molecule has 1 N–H and O–H groups in total. The monoisotopic (exact) mass is 294 g/mol. The van der Waals surface area contributed by atoms with E-state index in [2.05, 4.69) is 39.3 Å². The number of anilines is 1. The number of hydrogen-bond acceptors (Lipinski definition) is 4. The molecular weight excluding hydrogens is 272 g/mol. The number of pyridine rings is 1. The number of nitrogens with one attached hydrogen (secondary N) is 1. The second-order valence-corrected chi connectivity index (χ2v) is 5.85. The molecule has 4 heteroatoms. The Balaban J connectivity index is 1.81. The van der Waals surface area contributed by atoms with Gasteiger partial charge in [0.1, 0.15) is 11.5 Å². The minimum atomic E-state index is 0.690. The van der Waals surface area contributed by atoms with Crippen LogP contribution < -0.4 is 5.32 Å². The first-order valence-electron chi connectivity index (χ1n) is 7.89. The Labute approximate surface area is 131 Å². The summed E-state index contributed by atoms with van der Waals surface area (Å²) in [4.78, 5) is 13.6. The van der Waals surface area contributed by atoms with E-state index in [0.29, 0.717) is 11.7 Å². The van der Waals surface area contributed by atoms with Crippen LogP contribution in [-0.2, 0) is 0 Å². The van der Waals surface area contributed by atoms with E-state index in [1.165, 1.54) is 12.8 Å². The molecule has 0 saturated carbocycles. The van der Waals surface area contributed by atoms with Crippen LogP contribution in [-0.4, -0.2) is 21.5 Å². The molecule has 0 amide bonds. The lowest BCUT2D eigenvalue weighted by Gasteiger charge is -2.19. The summed E-state index contributed by atoms with van der Waals surface area (Å²) in [5.74, 6) is 2.32. The lowest BCUT2D eigenvalue weighted by atomic mass is 9.94. The van der Waals surface area contributed by atoms with Crippen molar-refractivity contribution in [1.29, 1.82) is 0 Å². The van der Waals surface area contributed by atoms with Gasteiger partial charge in [-0.1, -0.05) is 18.2 Å². The minimum Gasteiger partial charge on any atom is -0.369 e. The van der Waals surface area contributed by atoms with Gasteiger partial charge in [0.15, 0.2) is 5.82 Å². The van der Waals surface area contributed by atoms with Crippen LogP contribution in [0.2, 0.25) is 0 Å². The van der Waals surface area contributed by atoms with Crippen LogP contribution in [0.3, 0.4) is 0 Å². The zero-order valence-corrected chi connectivity index (χ0v) is 13.2. The number of nitrogens with zero attached hydrogens (tertiary/aromatic N) is 3. The fraction of sp³-hybridized carbons (Fsp3) is 0.389. The lowest BCUT2D eigenvalue weighted by molar-refractivity contribution is 0.503. The Bertz CT molecular complexity index is 664. The first-order chi connectivity index (χ1) is 10.7. The van der Waals surface area contributed by atoms with Crippen LogP contribution in [0.5, 0.6) is 0 Å². The Kier molecular flexibility index (Phi) is 4.47. The molecule has 2 heterocycles. The highest BCUT2D eigenvalue weighted by atomic mass is 15.0. The molecule has 0 bridgehead atoms. The van der Waals surface area contributed by atoms with E-state index in [1.54, 1.807) is 6.20 Å². The lowest BCUT2D eigenvalue weighted by Crippen LogP contribution is -2.17. The Morgan fingerprint density at radius 3 is 2.82 bits per heavy atom. The van der Waals surface area contributed by atoms with Crippen molar-refractivity contribution in [3.8, 4) is 11.5 Å². The molecule has 0 fully saturated rings. The Morgan fingerprint density at radius 2 is 2.09 bits per heavy atom. The fourth-order valence-corrected chi connectivity index (χ4v) is 2.69. The van der Waals surface area contributed by atoms with E-state index in [9.17, 15) is 0 Å². The molecule has 2 aromatic heterocycles. The van der Waals surface area contributed by atoms with Crippen LogP contribution in [0.15, 0.2) is 36.5 Å². The van der Waals surface area contributed by atoms with E-state index in [-0.39, 0.29) is 0 Å². The predicted octanol–water partition coefficient (Wildman–Crippen LogP) is 3.92. The van der Waals surface area contributed by atoms with Gasteiger partial charge in [0.05, 0.1) is 0 Å². The second-order valence-electron chi connectivity index (χ2n) is 5.85. The third-order valence-corrected chi connectivity index (χ3v) is 4.22. The third kappa shape index (κ3) is 3.32. The average molecular weight is 294 g/mol. The van der Waals surface area contributed by atoms with Crippen molar-refractivity contribution in [2.45, 2.75) is 33.1 Å². The highest BCUT2D eigenvalue weighted by Gasteiger charge is 2.13. The summed E-state index contributed by atoms with van der Waals surface area (Å²) in [6.07, 6.45) is 9.93. The van der Waals surface area contributed by atoms with Gasteiger partial charge < -0.3 is 5.32 Å². The first-order valence-corrected chi connectivity index (χ1v) is 7.89. The normalized spacial score (nSPS) is 17.5. The van der Waals surface area contributed by atoms with Crippen LogP contribution in [0.1, 0.15) is 30.5 Å². The highest BCUT2D eigenvalue weighted by Crippen LogP contribution is 2.22. The van der Waals surface area contributed by atoms with Crippen molar-refractivity contribution >= 4 is 5.82 Å². The van der Waals surface area contributed by atoms with Crippen molar-refractivity contribution in [2.24, 2.45) is 5.92 Å². The fourth-order valence-electron chi connectivity index (χ4n) is 2.69. The van der Waals surface area contributed by atoms with Crippen LogP contribution in [0, 0.1) is 19.8 Å². The molecule has 1 aliphatic rings. The molecule has 22 heavy (non-hydrogen) atoms. The van der Waals surface area contributed by atoms with Gasteiger partial charge >= 0.3 is 0 Å². The summed E-state index contributed by atoms with van der Waals surface area (Å²) in [5.41, 5.74) is 2.93. The van der Waals surface area contributed by atoms with Crippen molar-refractivity contribution in [3.05, 3.63) is 47.8 Å². The largest absolute Gasteiger partial charge is 0.369 e.